The van der Waals surface area contributed by atoms with Gasteiger partial charge < -0.3 is 19.7 Å². The number of alkyl carbamates (subject to hydrolysis) is 1. The van der Waals surface area contributed by atoms with E-state index in [1.165, 1.54) is 6.20 Å². The van der Waals surface area contributed by atoms with E-state index in [4.69, 9.17) is 9.47 Å². The molecule has 7 nitrogen and oxygen atoms in total. The van der Waals surface area contributed by atoms with Crippen molar-refractivity contribution in [2.45, 2.75) is 59.1 Å². The summed E-state index contributed by atoms with van der Waals surface area (Å²) >= 11 is 3.56. The molecule has 2 heterocycles. The van der Waals surface area contributed by atoms with E-state index in [0.29, 0.717) is 28.7 Å². The molecule has 2 rings (SSSR count). The zero-order chi connectivity index (χ0) is 21.1. The first-order chi connectivity index (χ1) is 13.0. The molecular formula is C20H28BrN3O4. The first-order valence-electron chi connectivity index (χ1n) is 9.22. The molecule has 0 aromatic carbocycles. The number of anilines is 1. The maximum absolute atomic E-state index is 12.4. The maximum atomic E-state index is 12.4. The Bertz CT molecular complexity index is 788. The van der Waals surface area contributed by atoms with Gasteiger partial charge >= 0.3 is 12.1 Å². The molecule has 1 atom stereocenters. The molecule has 1 N–H and O–H groups in total. The smallest absolute Gasteiger partial charge is 0.408 e. The molecule has 1 aromatic rings. The molecular weight excluding hydrogens is 426 g/mol. The summed E-state index contributed by atoms with van der Waals surface area (Å²) in [6.07, 6.45) is 5.55. The summed E-state index contributed by atoms with van der Waals surface area (Å²) in [5, 5.41) is 2.96. The summed E-state index contributed by atoms with van der Waals surface area (Å²) in [7, 11) is 0. The van der Waals surface area contributed by atoms with E-state index in [0.717, 1.165) is 5.69 Å². The number of aryl methyl sites for hydroxylation is 1. The summed E-state index contributed by atoms with van der Waals surface area (Å²) in [5.74, 6) is -0.438. The van der Waals surface area contributed by atoms with Gasteiger partial charge in [0.25, 0.3) is 0 Å². The molecule has 0 aliphatic carbocycles. The Morgan fingerprint density at radius 1 is 1.39 bits per heavy atom. The molecule has 1 aliphatic rings. The van der Waals surface area contributed by atoms with E-state index in [-0.39, 0.29) is 6.61 Å². The number of carbonyl (C=O) groups excluding carboxylic acids is 2. The average Bonchev–Trinajstić information content (AvgIpc) is 2.54. The largest absolute Gasteiger partial charge is 0.462 e. The zero-order valence-corrected chi connectivity index (χ0v) is 18.8. The van der Waals surface area contributed by atoms with Crippen molar-refractivity contribution in [1.29, 1.82) is 0 Å². The van der Waals surface area contributed by atoms with Crippen molar-refractivity contribution in [3.8, 4) is 0 Å². The fraction of sp³-hybridized carbons (Fsp3) is 0.550. The second-order valence-electron chi connectivity index (χ2n) is 8.04. The third kappa shape index (κ3) is 5.47. The number of nitrogens with one attached hydrogen (secondary N) is 1. The number of aromatic nitrogens is 1. The minimum absolute atomic E-state index is 0.275. The van der Waals surface area contributed by atoms with Crippen LogP contribution in [0.25, 0.3) is 0 Å². The van der Waals surface area contributed by atoms with Crippen molar-refractivity contribution in [2.75, 3.05) is 18.1 Å². The van der Waals surface area contributed by atoms with Gasteiger partial charge in [-0.15, -0.1) is 0 Å². The molecule has 0 bridgehead atoms. The molecule has 8 heteroatoms. The minimum Gasteiger partial charge on any atom is -0.462 e. The molecule has 0 radical (unpaired) electrons. The highest BCUT2D eigenvalue weighted by Crippen LogP contribution is 2.35. The first kappa shape index (κ1) is 22.2. The highest BCUT2D eigenvalue weighted by molar-refractivity contribution is 9.10. The normalized spacial score (nSPS) is 19.3. The average molecular weight is 454 g/mol. The fourth-order valence-corrected chi connectivity index (χ4v) is 3.48. The minimum atomic E-state index is -0.576. The van der Waals surface area contributed by atoms with Crippen molar-refractivity contribution in [1.82, 2.24) is 10.3 Å². The van der Waals surface area contributed by atoms with Gasteiger partial charge in [-0.05, 0) is 63.9 Å². The van der Waals surface area contributed by atoms with Crippen LogP contribution in [0, 0.1) is 6.92 Å². The molecule has 1 aromatic heterocycles. The maximum Gasteiger partial charge on any atom is 0.408 e. The van der Waals surface area contributed by atoms with E-state index in [9.17, 15) is 9.59 Å². The predicted octanol–water partition coefficient (Wildman–Crippen LogP) is 4.34. The van der Waals surface area contributed by atoms with Crippen molar-refractivity contribution in [3.63, 3.8) is 0 Å². The lowest BCUT2D eigenvalue weighted by Crippen LogP contribution is -2.55. The molecule has 0 saturated carbocycles. The number of hydrogen-bond donors (Lipinski definition) is 1. The third-order valence-corrected chi connectivity index (χ3v) is 5.08. The molecule has 154 valence electrons. The SMILES string of the molecule is CCOC(=O)c1cnc(C)c(Br)c1N1C=CC[C@](C)(NC(=O)OC(C)(C)C)C1. The Kier molecular flexibility index (Phi) is 6.75. The number of esters is 1. The van der Waals surface area contributed by atoms with Crippen molar-refractivity contribution in [2.24, 2.45) is 0 Å². The molecule has 28 heavy (non-hydrogen) atoms. The van der Waals surface area contributed by atoms with Gasteiger partial charge in [0, 0.05) is 18.9 Å². The van der Waals surface area contributed by atoms with E-state index in [2.05, 4.69) is 26.2 Å². The van der Waals surface area contributed by atoms with Gasteiger partial charge in [0.05, 0.1) is 28.0 Å². The summed E-state index contributed by atoms with van der Waals surface area (Å²) in [6.45, 7) is 11.8. The van der Waals surface area contributed by atoms with Crippen LogP contribution in [-0.4, -0.2) is 41.3 Å². The van der Waals surface area contributed by atoms with Crippen molar-refractivity contribution in [3.05, 3.63) is 34.2 Å². The van der Waals surface area contributed by atoms with Crippen LogP contribution in [0.5, 0.6) is 0 Å². The van der Waals surface area contributed by atoms with Gasteiger partial charge in [-0.3, -0.25) is 4.98 Å². The summed E-state index contributed by atoms with van der Waals surface area (Å²) in [5.41, 5.74) is 0.639. The van der Waals surface area contributed by atoms with Gasteiger partial charge in [-0.1, -0.05) is 6.08 Å². The Morgan fingerprint density at radius 3 is 2.68 bits per heavy atom. The highest BCUT2D eigenvalue weighted by atomic mass is 79.9. The van der Waals surface area contributed by atoms with Crippen LogP contribution in [0.3, 0.4) is 0 Å². The first-order valence-corrected chi connectivity index (χ1v) is 10.0. The standard InChI is InChI=1S/C20H28BrN3O4/c1-7-27-17(25)14-11-22-13(2)15(21)16(14)24-10-8-9-20(6,12-24)23-18(26)28-19(3,4)5/h8,10-11H,7,9,12H2,1-6H3,(H,23,26)/t20-/m0/s1. The molecule has 0 fully saturated rings. The number of halogens is 1. The van der Waals surface area contributed by atoms with Crippen molar-refractivity contribution < 1.29 is 19.1 Å². The molecule has 0 unspecified atom stereocenters. The number of nitrogens with zero attached hydrogens (tertiary/aromatic N) is 2. The molecule has 0 spiro atoms. The number of pyridine rings is 1. The number of ether oxygens (including phenoxy) is 2. The van der Waals surface area contributed by atoms with Crippen LogP contribution < -0.4 is 10.2 Å². The van der Waals surface area contributed by atoms with Crippen LogP contribution in [0.15, 0.2) is 22.9 Å². The highest BCUT2D eigenvalue weighted by Gasteiger charge is 2.34. The van der Waals surface area contributed by atoms with Crippen LogP contribution >= 0.6 is 15.9 Å². The summed E-state index contributed by atoms with van der Waals surface area (Å²) in [4.78, 5) is 30.9. The monoisotopic (exact) mass is 453 g/mol. The van der Waals surface area contributed by atoms with Crippen LogP contribution in [0.2, 0.25) is 0 Å². The predicted molar refractivity (Wildman–Crippen MR) is 112 cm³/mol. The van der Waals surface area contributed by atoms with Gasteiger partial charge in [0.2, 0.25) is 0 Å². The van der Waals surface area contributed by atoms with E-state index < -0.39 is 23.2 Å². The second kappa shape index (κ2) is 8.51. The van der Waals surface area contributed by atoms with Gasteiger partial charge in [0.15, 0.2) is 0 Å². The van der Waals surface area contributed by atoms with Gasteiger partial charge in [0.1, 0.15) is 11.2 Å². The van der Waals surface area contributed by atoms with Gasteiger partial charge in [-0.25, -0.2) is 9.59 Å². The molecule has 1 aliphatic heterocycles. The Labute approximate surface area is 174 Å². The molecule has 1 amide bonds. The topological polar surface area (TPSA) is 80.8 Å². The fourth-order valence-electron chi connectivity index (χ4n) is 2.94. The van der Waals surface area contributed by atoms with E-state index >= 15 is 0 Å². The quantitative estimate of drug-likeness (QED) is 0.682. The lowest BCUT2D eigenvalue weighted by molar-refractivity contribution is 0.0463. The van der Waals surface area contributed by atoms with Crippen molar-refractivity contribution >= 4 is 33.7 Å². The lowest BCUT2D eigenvalue weighted by atomic mass is 9.94. The zero-order valence-electron chi connectivity index (χ0n) is 17.3. The number of hydrogen-bond acceptors (Lipinski definition) is 6. The number of carbonyl (C=O) groups is 2. The van der Waals surface area contributed by atoms with E-state index in [1.54, 1.807) is 6.92 Å². The third-order valence-electron chi connectivity index (χ3n) is 4.13. The van der Waals surface area contributed by atoms with Crippen LogP contribution in [0.1, 0.15) is 57.1 Å². The van der Waals surface area contributed by atoms with Gasteiger partial charge in [-0.2, -0.15) is 0 Å². The Balaban J connectivity index is 2.33. The second-order valence-corrected chi connectivity index (χ2v) is 8.84. The van der Waals surface area contributed by atoms with Crippen LogP contribution in [-0.2, 0) is 9.47 Å². The van der Waals surface area contributed by atoms with Crippen LogP contribution in [0.4, 0.5) is 10.5 Å². The Hall–Kier alpha value is -2.09. The Morgan fingerprint density at radius 2 is 2.07 bits per heavy atom. The molecule has 0 saturated heterocycles. The number of rotatable bonds is 4. The lowest BCUT2D eigenvalue weighted by Gasteiger charge is -2.39. The summed E-state index contributed by atoms with van der Waals surface area (Å²) in [6, 6.07) is 0. The van der Waals surface area contributed by atoms with E-state index in [1.807, 2.05) is 51.8 Å². The number of amides is 1. The summed E-state index contributed by atoms with van der Waals surface area (Å²) < 4.78 is 11.3.